The Morgan fingerprint density at radius 3 is 2.41 bits per heavy atom. The summed E-state index contributed by atoms with van der Waals surface area (Å²) in [7, 11) is 0. The number of aryl methyl sites for hydroxylation is 2. The largest absolute Gasteiger partial charge is 0.360 e. The first-order valence-electron chi connectivity index (χ1n) is 7.91. The normalized spacial score (nSPS) is 17.2. The molecule has 0 unspecified atom stereocenters. The predicted octanol–water partition coefficient (Wildman–Crippen LogP) is 1.64. The molecule has 0 aliphatic carbocycles. The lowest BCUT2D eigenvalue weighted by Gasteiger charge is -2.33. The lowest BCUT2D eigenvalue weighted by molar-refractivity contribution is 0.105. The summed E-state index contributed by atoms with van der Waals surface area (Å²) in [4.78, 5) is 9.16. The van der Waals surface area contributed by atoms with E-state index in [1.165, 1.54) is 0 Å². The van der Waals surface area contributed by atoms with Crippen LogP contribution in [-0.2, 0) is 19.5 Å². The molecule has 2 aromatic rings. The van der Waals surface area contributed by atoms with Gasteiger partial charge < -0.3 is 9.05 Å². The zero-order valence-electron chi connectivity index (χ0n) is 13.3. The van der Waals surface area contributed by atoms with Gasteiger partial charge in [0, 0.05) is 38.7 Å². The molecule has 0 N–H and O–H groups in total. The van der Waals surface area contributed by atoms with Gasteiger partial charge in [0.15, 0.2) is 11.6 Å². The third kappa shape index (κ3) is 3.92. The molecule has 3 rings (SSSR count). The maximum absolute atomic E-state index is 5.31. The molecule has 22 heavy (non-hydrogen) atoms. The van der Waals surface area contributed by atoms with Crippen molar-refractivity contribution in [2.24, 2.45) is 0 Å². The van der Waals surface area contributed by atoms with Gasteiger partial charge in [0.2, 0.25) is 5.89 Å². The van der Waals surface area contributed by atoms with Crippen molar-refractivity contribution in [1.29, 1.82) is 0 Å². The molecule has 1 aliphatic rings. The minimum absolute atomic E-state index is 0.725. The van der Waals surface area contributed by atoms with Crippen LogP contribution in [0.4, 0.5) is 0 Å². The third-order valence-corrected chi connectivity index (χ3v) is 3.86. The molecule has 1 fully saturated rings. The third-order valence-electron chi connectivity index (χ3n) is 3.86. The van der Waals surface area contributed by atoms with Gasteiger partial charge >= 0.3 is 0 Å². The van der Waals surface area contributed by atoms with Crippen LogP contribution in [0.2, 0.25) is 0 Å². The predicted molar refractivity (Wildman–Crippen MR) is 80.1 cm³/mol. The molecule has 0 saturated carbocycles. The maximum Gasteiger partial charge on any atom is 0.240 e. The first-order chi connectivity index (χ1) is 10.7. The van der Waals surface area contributed by atoms with Crippen molar-refractivity contribution in [2.75, 3.05) is 26.2 Å². The van der Waals surface area contributed by atoms with Gasteiger partial charge in [-0.2, -0.15) is 4.98 Å². The Kier molecular flexibility index (Phi) is 4.84. The van der Waals surface area contributed by atoms with E-state index in [-0.39, 0.29) is 0 Å². The topological polar surface area (TPSA) is 71.4 Å². The van der Waals surface area contributed by atoms with E-state index in [2.05, 4.69) is 32.0 Å². The summed E-state index contributed by atoms with van der Waals surface area (Å²) in [5.74, 6) is 2.48. The fourth-order valence-electron chi connectivity index (χ4n) is 2.69. The highest BCUT2D eigenvalue weighted by Crippen LogP contribution is 2.11. The Morgan fingerprint density at radius 2 is 1.77 bits per heavy atom. The highest BCUT2D eigenvalue weighted by molar-refractivity contribution is 5.03. The second kappa shape index (κ2) is 7.02. The van der Waals surface area contributed by atoms with Crippen molar-refractivity contribution in [3.8, 4) is 0 Å². The van der Waals surface area contributed by atoms with Crippen molar-refractivity contribution in [3.63, 3.8) is 0 Å². The molecule has 0 bridgehead atoms. The summed E-state index contributed by atoms with van der Waals surface area (Å²) in [6.07, 6.45) is 1.92. The highest BCUT2D eigenvalue weighted by atomic mass is 16.5. The van der Waals surface area contributed by atoms with Crippen LogP contribution in [0.5, 0.6) is 0 Å². The second-order valence-corrected chi connectivity index (χ2v) is 5.84. The maximum atomic E-state index is 5.31. The molecule has 0 radical (unpaired) electrons. The standard InChI is InChI=1S/C15H23N5O2/c1-3-4-14-16-15(22-18-14)11-20-7-5-19(6-8-20)10-13-9-12(2)17-21-13/h9H,3-8,10-11H2,1-2H3. The molecule has 1 saturated heterocycles. The molecule has 0 atom stereocenters. The summed E-state index contributed by atoms with van der Waals surface area (Å²) in [5, 5.41) is 7.93. The van der Waals surface area contributed by atoms with Crippen LogP contribution < -0.4 is 0 Å². The van der Waals surface area contributed by atoms with Crippen molar-refractivity contribution in [3.05, 3.63) is 29.2 Å². The van der Waals surface area contributed by atoms with E-state index in [4.69, 9.17) is 9.05 Å². The molecule has 7 nitrogen and oxygen atoms in total. The fourth-order valence-corrected chi connectivity index (χ4v) is 2.69. The lowest BCUT2D eigenvalue weighted by atomic mass is 10.3. The Morgan fingerprint density at radius 1 is 1.05 bits per heavy atom. The Bertz CT molecular complexity index is 586. The van der Waals surface area contributed by atoms with Gasteiger partial charge in [-0.15, -0.1) is 0 Å². The summed E-state index contributed by atoms with van der Waals surface area (Å²) in [5.41, 5.74) is 0.938. The first-order valence-corrected chi connectivity index (χ1v) is 7.91. The zero-order valence-corrected chi connectivity index (χ0v) is 13.3. The molecule has 0 aromatic carbocycles. The quantitative estimate of drug-likeness (QED) is 0.803. The molecular weight excluding hydrogens is 282 g/mol. The van der Waals surface area contributed by atoms with Gasteiger partial charge in [0.25, 0.3) is 0 Å². The van der Waals surface area contributed by atoms with Gasteiger partial charge in [0.1, 0.15) is 0 Å². The Balaban J connectivity index is 1.44. The van der Waals surface area contributed by atoms with E-state index in [9.17, 15) is 0 Å². The average Bonchev–Trinajstić information content (AvgIpc) is 3.11. The monoisotopic (exact) mass is 305 g/mol. The van der Waals surface area contributed by atoms with E-state index in [1.807, 2.05) is 13.0 Å². The van der Waals surface area contributed by atoms with Gasteiger partial charge in [-0.3, -0.25) is 9.80 Å². The van der Waals surface area contributed by atoms with E-state index >= 15 is 0 Å². The van der Waals surface area contributed by atoms with Crippen LogP contribution in [0.15, 0.2) is 15.1 Å². The van der Waals surface area contributed by atoms with Gasteiger partial charge in [0.05, 0.1) is 18.8 Å². The van der Waals surface area contributed by atoms with Crippen LogP contribution in [0.25, 0.3) is 0 Å². The van der Waals surface area contributed by atoms with Crippen LogP contribution in [0.1, 0.15) is 36.5 Å². The van der Waals surface area contributed by atoms with E-state index < -0.39 is 0 Å². The zero-order chi connectivity index (χ0) is 15.4. The SMILES string of the molecule is CCCc1noc(CN2CCN(Cc3cc(C)no3)CC2)n1. The van der Waals surface area contributed by atoms with E-state index in [0.717, 1.165) is 75.3 Å². The minimum atomic E-state index is 0.725. The second-order valence-electron chi connectivity index (χ2n) is 5.84. The number of nitrogens with zero attached hydrogens (tertiary/aromatic N) is 5. The number of rotatable bonds is 6. The number of hydrogen-bond acceptors (Lipinski definition) is 7. The Hall–Kier alpha value is -1.73. The van der Waals surface area contributed by atoms with Gasteiger partial charge in [-0.1, -0.05) is 17.2 Å². The number of piperazine rings is 1. The summed E-state index contributed by atoms with van der Waals surface area (Å²) >= 11 is 0. The fraction of sp³-hybridized carbons (Fsp3) is 0.667. The van der Waals surface area contributed by atoms with Crippen LogP contribution >= 0.6 is 0 Å². The summed E-state index contributed by atoms with van der Waals surface area (Å²) < 4.78 is 10.6. The van der Waals surface area contributed by atoms with Crippen molar-refractivity contribution >= 4 is 0 Å². The van der Waals surface area contributed by atoms with Crippen LogP contribution in [0.3, 0.4) is 0 Å². The molecule has 120 valence electrons. The molecular formula is C15H23N5O2. The molecule has 7 heteroatoms. The van der Waals surface area contributed by atoms with E-state index in [0.29, 0.717) is 0 Å². The highest BCUT2D eigenvalue weighted by Gasteiger charge is 2.20. The van der Waals surface area contributed by atoms with Gasteiger partial charge in [-0.05, 0) is 13.3 Å². The molecule has 0 amide bonds. The number of hydrogen-bond donors (Lipinski definition) is 0. The Labute approximate surface area is 130 Å². The molecule has 3 heterocycles. The molecule has 0 spiro atoms. The summed E-state index contributed by atoms with van der Waals surface area (Å²) in [6.45, 7) is 9.65. The molecule has 1 aliphatic heterocycles. The van der Waals surface area contributed by atoms with Gasteiger partial charge in [-0.25, -0.2) is 0 Å². The van der Waals surface area contributed by atoms with Crippen LogP contribution in [-0.4, -0.2) is 51.3 Å². The van der Waals surface area contributed by atoms with Crippen molar-refractivity contribution in [1.82, 2.24) is 25.1 Å². The van der Waals surface area contributed by atoms with Crippen LogP contribution in [0, 0.1) is 6.92 Å². The summed E-state index contributed by atoms with van der Waals surface area (Å²) in [6, 6.07) is 2.00. The van der Waals surface area contributed by atoms with E-state index in [1.54, 1.807) is 0 Å². The average molecular weight is 305 g/mol. The first kappa shape index (κ1) is 15.2. The molecule has 2 aromatic heterocycles. The smallest absolute Gasteiger partial charge is 0.240 e. The number of aromatic nitrogens is 3. The minimum Gasteiger partial charge on any atom is -0.360 e. The van der Waals surface area contributed by atoms with Crippen molar-refractivity contribution in [2.45, 2.75) is 39.8 Å². The van der Waals surface area contributed by atoms with Crippen molar-refractivity contribution < 1.29 is 9.05 Å². The lowest BCUT2D eigenvalue weighted by Crippen LogP contribution is -2.45.